The molecule has 2 aliphatic rings. The number of hydrogen-bond donors (Lipinski definition) is 2. The van der Waals surface area contributed by atoms with Gasteiger partial charge in [-0.05, 0) is 36.1 Å². The first-order valence-corrected chi connectivity index (χ1v) is 9.58. The second kappa shape index (κ2) is 7.18. The number of hydrogen-bond acceptors (Lipinski definition) is 5. The molecular formula is C16H23N3O4S. The Kier molecular flexibility index (Phi) is 5.19. The Morgan fingerprint density at radius 2 is 1.88 bits per heavy atom. The van der Waals surface area contributed by atoms with E-state index in [1.54, 1.807) is 12.1 Å². The first-order chi connectivity index (χ1) is 11.5. The van der Waals surface area contributed by atoms with Crippen molar-refractivity contribution in [1.82, 2.24) is 14.9 Å². The van der Waals surface area contributed by atoms with E-state index in [0.29, 0.717) is 24.0 Å². The Balaban J connectivity index is 1.65. The van der Waals surface area contributed by atoms with Gasteiger partial charge in [0.1, 0.15) is 0 Å². The average Bonchev–Trinajstić information content (AvgIpc) is 3.16. The second-order valence-electron chi connectivity index (χ2n) is 6.30. The average molecular weight is 353 g/mol. The number of nitrogens with zero attached hydrogens (tertiary/aromatic N) is 1. The summed E-state index contributed by atoms with van der Waals surface area (Å²) in [7, 11) is -2.06. The van der Waals surface area contributed by atoms with Gasteiger partial charge in [0, 0.05) is 45.4 Å². The van der Waals surface area contributed by atoms with Gasteiger partial charge in [0.15, 0.2) is 0 Å². The van der Waals surface area contributed by atoms with Gasteiger partial charge in [0.2, 0.25) is 10.0 Å². The van der Waals surface area contributed by atoms with E-state index >= 15 is 0 Å². The predicted octanol–water partition coefficient (Wildman–Crippen LogP) is -0.0973. The van der Waals surface area contributed by atoms with E-state index in [2.05, 4.69) is 10.0 Å². The van der Waals surface area contributed by atoms with E-state index in [0.717, 1.165) is 26.2 Å². The zero-order valence-electron chi connectivity index (χ0n) is 13.7. The molecule has 132 valence electrons. The Bertz CT molecular complexity index is 678. The highest BCUT2D eigenvalue weighted by Crippen LogP contribution is 2.27. The summed E-state index contributed by atoms with van der Waals surface area (Å²) in [4.78, 5) is 14.6. The molecule has 0 spiro atoms. The number of ether oxygens (including phenoxy) is 1. The van der Waals surface area contributed by atoms with E-state index in [9.17, 15) is 13.2 Å². The zero-order valence-corrected chi connectivity index (χ0v) is 14.5. The number of carbonyl (C=O) groups is 1. The number of carbonyl (C=O) groups excluding carboxylic acids is 1. The molecule has 2 atom stereocenters. The van der Waals surface area contributed by atoms with Crippen LogP contribution in [0.4, 0.5) is 0 Å². The van der Waals surface area contributed by atoms with E-state index in [-0.39, 0.29) is 17.3 Å². The Hall–Kier alpha value is -1.48. The van der Waals surface area contributed by atoms with Crippen molar-refractivity contribution in [3.63, 3.8) is 0 Å². The molecule has 1 aromatic carbocycles. The molecule has 7 nitrogen and oxygen atoms in total. The molecule has 2 N–H and O–H groups in total. The monoisotopic (exact) mass is 353 g/mol. The third kappa shape index (κ3) is 3.61. The molecule has 0 saturated carbocycles. The molecule has 24 heavy (non-hydrogen) atoms. The lowest BCUT2D eigenvalue weighted by atomic mass is 10.0. The summed E-state index contributed by atoms with van der Waals surface area (Å²) in [5.41, 5.74) is 0.527. The fourth-order valence-electron chi connectivity index (χ4n) is 3.34. The molecular weight excluding hydrogens is 330 g/mol. The summed E-state index contributed by atoms with van der Waals surface area (Å²) in [6, 6.07) is 6.11. The third-order valence-corrected chi connectivity index (χ3v) is 6.16. The minimum absolute atomic E-state index is 0.0271. The Labute approximate surface area is 142 Å². The Morgan fingerprint density at radius 1 is 1.25 bits per heavy atom. The van der Waals surface area contributed by atoms with Crippen LogP contribution in [-0.4, -0.2) is 65.7 Å². The smallest absolute Gasteiger partial charge is 0.253 e. The van der Waals surface area contributed by atoms with Gasteiger partial charge in [-0.1, -0.05) is 0 Å². The first-order valence-electron chi connectivity index (χ1n) is 8.10. The minimum Gasteiger partial charge on any atom is -0.383 e. The fourth-order valence-corrected chi connectivity index (χ4v) is 4.35. The highest BCUT2D eigenvalue weighted by atomic mass is 32.2. The highest BCUT2D eigenvalue weighted by Gasteiger charge is 2.38. The quantitative estimate of drug-likeness (QED) is 0.698. The van der Waals surface area contributed by atoms with Crippen LogP contribution in [0.1, 0.15) is 10.4 Å². The maximum absolute atomic E-state index is 12.6. The summed E-state index contributed by atoms with van der Waals surface area (Å²) in [5.74, 6) is 1.05. The molecule has 3 rings (SSSR count). The topological polar surface area (TPSA) is 87.7 Å². The van der Waals surface area contributed by atoms with Crippen molar-refractivity contribution in [3.05, 3.63) is 29.8 Å². The summed E-state index contributed by atoms with van der Waals surface area (Å²) < 4.78 is 31.5. The number of likely N-dealkylation sites (tertiary alicyclic amines) is 1. The Morgan fingerprint density at radius 3 is 2.46 bits per heavy atom. The van der Waals surface area contributed by atoms with Crippen LogP contribution < -0.4 is 10.0 Å². The van der Waals surface area contributed by atoms with Crippen LogP contribution in [0.5, 0.6) is 0 Å². The van der Waals surface area contributed by atoms with E-state index < -0.39 is 10.0 Å². The van der Waals surface area contributed by atoms with Crippen LogP contribution in [-0.2, 0) is 14.8 Å². The minimum atomic E-state index is -3.57. The lowest BCUT2D eigenvalue weighted by Gasteiger charge is -2.17. The number of nitrogens with one attached hydrogen (secondary N) is 2. The van der Waals surface area contributed by atoms with Crippen LogP contribution in [0.25, 0.3) is 0 Å². The molecule has 2 aliphatic heterocycles. The molecule has 0 bridgehead atoms. The molecule has 0 aromatic heterocycles. The van der Waals surface area contributed by atoms with E-state index in [1.807, 2.05) is 4.90 Å². The molecule has 1 aromatic rings. The van der Waals surface area contributed by atoms with Crippen molar-refractivity contribution in [3.8, 4) is 0 Å². The summed E-state index contributed by atoms with van der Waals surface area (Å²) >= 11 is 0. The normalized spacial score (nSPS) is 23.5. The molecule has 2 saturated heterocycles. The van der Waals surface area contributed by atoms with Crippen molar-refractivity contribution in [2.75, 3.05) is 46.4 Å². The number of rotatable bonds is 6. The van der Waals surface area contributed by atoms with Gasteiger partial charge in [-0.15, -0.1) is 0 Å². The van der Waals surface area contributed by atoms with Gasteiger partial charge < -0.3 is 15.0 Å². The predicted molar refractivity (Wildman–Crippen MR) is 89.3 cm³/mol. The van der Waals surface area contributed by atoms with Gasteiger partial charge in [-0.25, -0.2) is 13.1 Å². The van der Waals surface area contributed by atoms with Gasteiger partial charge in [-0.3, -0.25) is 4.79 Å². The zero-order chi connectivity index (χ0) is 17.2. The summed E-state index contributed by atoms with van der Waals surface area (Å²) in [6.45, 7) is 4.01. The first kappa shape index (κ1) is 17.3. The number of benzene rings is 1. The van der Waals surface area contributed by atoms with Crippen LogP contribution >= 0.6 is 0 Å². The van der Waals surface area contributed by atoms with Gasteiger partial charge >= 0.3 is 0 Å². The highest BCUT2D eigenvalue weighted by molar-refractivity contribution is 7.89. The number of methoxy groups -OCH3 is 1. The third-order valence-electron chi connectivity index (χ3n) is 4.69. The standard InChI is InChI=1S/C16H23N3O4S/c1-23-7-6-18-24(21,22)15-4-2-12(3-5-15)16(20)19-10-13-8-17-9-14(13)11-19/h2-5,13-14,17-18H,6-11H2,1H3/t13-,14+. The van der Waals surface area contributed by atoms with Crippen molar-refractivity contribution in [2.24, 2.45) is 11.8 Å². The molecule has 0 radical (unpaired) electrons. The second-order valence-corrected chi connectivity index (χ2v) is 8.07. The van der Waals surface area contributed by atoms with Gasteiger partial charge in [0.25, 0.3) is 5.91 Å². The maximum Gasteiger partial charge on any atom is 0.253 e. The van der Waals surface area contributed by atoms with Crippen LogP contribution in [0.2, 0.25) is 0 Å². The number of amides is 1. The summed E-state index contributed by atoms with van der Waals surface area (Å²) in [5, 5.41) is 3.35. The van der Waals surface area contributed by atoms with Gasteiger partial charge in [0.05, 0.1) is 11.5 Å². The molecule has 2 fully saturated rings. The molecule has 2 heterocycles. The lowest BCUT2D eigenvalue weighted by Crippen LogP contribution is -2.32. The van der Waals surface area contributed by atoms with Crippen molar-refractivity contribution < 1.29 is 17.9 Å². The SMILES string of the molecule is COCCNS(=O)(=O)c1ccc(C(=O)N2C[C@H]3CNC[C@H]3C2)cc1. The molecule has 0 aliphatic carbocycles. The largest absolute Gasteiger partial charge is 0.383 e. The molecule has 1 amide bonds. The van der Waals surface area contributed by atoms with E-state index in [4.69, 9.17) is 4.74 Å². The van der Waals surface area contributed by atoms with Gasteiger partial charge in [-0.2, -0.15) is 0 Å². The lowest BCUT2D eigenvalue weighted by molar-refractivity contribution is 0.0781. The van der Waals surface area contributed by atoms with Crippen LogP contribution in [0.15, 0.2) is 29.2 Å². The van der Waals surface area contributed by atoms with E-state index in [1.165, 1.54) is 19.2 Å². The maximum atomic E-state index is 12.6. The molecule has 8 heteroatoms. The molecule has 0 unspecified atom stereocenters. The van der Waals surface area contributed by atoms with Crippen LogP contribution in [0.3, 0.4) is 0 Å². The number of sulfonamides is 1. The fraction of sp³-hybridized carbons (Fsp3) is 0.562. The van der Waals surface area contributed by atoms with Crippen molar-refractivity contribution in [1.29, 1.82) is 0 Å². The van der Waals surface area contributed by atoms with Crippen LogP contribution in [0, 0.1) is 11.8 Å². The van der Waals surface area contributed by atoms with Crippen molar-refractivity contribution >= 4 is 15.9 Å². The number of fused-ring (bicyclic) bond motifs is 1. The van der Waals surface area contributed by atoms with Crippen molar-refractivity contribution in [2.45, 2.75) is 4.90 Å². The summed E-state index contributed by atoms with van der Waals surface area (Å²) in [6.07, 6.45) is 0.